The van der Waals surface area contributed by atoms with Crippen molar-refractivity contribution >= 4 is 33.0 Å². The van der Waals surface area contributed by atoms with E-state index in [9.17, 15) is 0 Å². The summed E-state index contributed by atoms with van der Waals surface area (Å²) in [6.07, 6.45) is 15.2. The first-order chi connectivity index (χ1) is 17.5. The Morgan fingerprint density at radius 2 is 1.69 bits per heavy atom. The maximum absolute atomic E-state index is 4.69. The molecule has 0 saturated carbocycles. The maximum Gasteiger partial charge on any atom is 0.137 e. The molecule has 0 fully saturated rings. The van der Waals surface area contributed by atoms with Crippen molar-refractivity contribution in [2.24, 2.45) is 0 Å². The zero-order chi connectivity index (χ0) is 24.8. The quantitative estimate of drug-likeness (QED) is 0.259. The highest BCUT2D eigenvalue weighted by atomic mass is 15.0. The summed E-state index contributed by atoms with van der Waals surface area (Å²) < 4.78 is 2.38. The molecule has 2 unspecified atom stereocenters. The van der Waals surface area contributed by atoms with Gasteiger partial charge in [0, 0.05) is 60.4 Å². The van der Waals surface area contributed by atoms with Crippen molar-refractivity contribution in [2.45, 2.75) is 58.4 Å². The van der Waals surface area contributed by atoms with Crippen molar-refractivity contribution in [3.05, 3.63) is 89.9 Å². The second-order valence-corrected chi connectivity index (χ2v) is 10.4. The molecule has 0 aliphatic rings. The fourth-order valence-corrected chi connectivity index (χ4v) is 5.64. The van der Waals surface area contributed by atoms with E-state index in [1.54, 1.807) is 0 Å². The lowest BCUT2D eigenvalue weighted by atomic mass is 9.93. The van der Waals surface area contributed by atoms with E-state index in [1.807, 2.05) is 30.9 Å². The van der Waals surface area contributed by atoms with Gasteiger partial charge in [-0.3, -0.25) is 9.97 Å². The third kappa shape index (κ3) is 3.77. The number of H-pyrrole nitrogens is 2. The summed E-state index contributed by atoms with van der Waals surface area (Å²) in [6.45, 7) is 9.93. The Hall–Kier alpha value is -3.93. The van der Waals surface area contributed by atoms with Gasteiger partial charge in [-0.05, 0) is 64.8 Å². The van der Waals surface area contributed by atoms with Crippen molar-refractivity contribution < 1.29 is 0 Å². The molecule has 0 amide bonds. The molecule has 0 radical (unpaired) electrons. The van der Waals surface area contributed by atoms with Gasteiger partial charge < -0.3 is 14.5 Å². The summed E-state index contributed by atoms with van der Waals surface area (Å²) in [7, 11) is 0. The molecule has 6 nitrogen and oxygen atoms in total. The molecule has 2 atom stereocenters. The van der Waals surface area contributed by atoms with Crippen LogP contribution in [-0.4, -0.2) is 29.5 Å². The van der Waals surface area contributed by atoms with Gasteiger partial charge in [0.05, 0.1) is 22.7 Å². The molecule has 0 aliphatic carbocycles. The van der Waals surface area contributed by atoms with Crippen molar-refractivity contribution in [3.63, 3.8) is 0 Å². The zero-order valence-electron chi connectivity index (χ0n) is 21.3. The van der Waals surface area contributed by atoms with Crippen LogP contribution in [0, 0.1) is 0 Å². The van der Waals surface area contributed by atoms with Crippen molar-refractivity contribution in [1.82, 2.24) is 29.5 Å². The molecule has 182 valence electrons. The number of rotatable bonds is 7. The largest absolute Gasteiger partial charge is 0.359 e. The van der Waals surface area contributed by atoms with Crippen LogP contribution >= 0.6 is 0 Å². The molecule has 0 aliphatic heterocycles. The van der Waals surface area contributed by atoms with Crippen molar-refractivity contribution in [1.29, 1.82) is 0 Å². The first-order valence-corrected chi connectivity index (χ1v) is 12.8. The second-order valence-electron chi connectivity index (χ2n) is 10.4. The summed E-state index contributed by atoms with van der Waals surface area (Å²) >= 11 is 0. The molecule has 2 N–H and O–H groups in total. The van der Waals surface area contributed by atoms with Crippen LogP contribution in [-0.2, 0) is 13.0 Å². The van der Waals surface area contributed by atoms with Gasteiger partial charge in [0.15, 0.2) is 0 Å². The molecule has 6 aromatic heterocycles. The third-order valence-electron chi connectivity index (χ3n) is 7.56. The lowest BCUT2D eigenvalue weighted by Gasteiger charge is -2.13. The molecule has 36 heavy (non-hydrogen) atoms. The van der Waals surface area contributed by atoms with E-state index in [2.05, 4.69) is 94.0 Å². The molecule has 6 aromatic rings. The lowest BCUT2D eigenvalue weighted by Crippen LogP contribution is -2.05. The van der Waals surface area contributed by atoms with Gasteiger partial charge in [0.25, 0.3) is 0 Å². The standard InChI is InChI=1S/C30H32N6/c1-18(2)24-13-34-28-21(7-11-32-29(24)28)12-19(3)26-17-36(27-15-31-10-8-22(26)27)16-20(4)25-14-35-30-23(25)6-5-9-33-30/h5-11,13-15,17-20,34H,12,16H2,1-4H3,(H,33,35). The van der Waals surface area contributed by atoms with Crippen LogP contribution in [0.2, 0.25) is 0 Å². The van der Waals surface area contributed by atoms with Crippen LogP contribution in [0.4, 0.5) is 0 Å². The van der Waals surface area contributed by atoms with Crippen LogP contribution in [0.15, 0.2) is 67.6 Å². The normalized spacial score (nSPS) is 13.8. The number of hydrogen-bond donors (Lipinski definition) is 2. The minimum absolute atomic E-state index is 0.329. The van der Waals surface area contributed by atoms with Gasteiger partial charge in [0.1, 0.15) is 5.65 Å². The summed E-state index contributed by atoms with van der Waals surface area (Å²) in [5.41, 5.74) is 9.65. The van der Waals surface area contributed by atoms with Crippen LogP contribution in [0.3, 0.4) is 0 Å². The van der Waals surface area contributed by atoms with E-state index in [0.717, 1.165) is 24.1 Å². The van der Waals surface area contributed by atoms with E-state index < -0.39 is 0 Å². The predicted molar refractivity (Wildman–Crippen MR) is 147 cm³/mol. The SMILES string of the molecule is CC(C)c1c[nH]c2c(CC(C)c3cn(CC(C)c4c[nH]c5ncccc45)c4cnccc34)ccnc12. The minimum Gasteiger partial charge on any atom is -0.359 e. The van der Waals surface area contributed by atoms with Gasteiger partial charge in [-0.25, -0.2) is 4.98 Å². The molecule has 6 heteroatoms. The predicted octanol–water partition coefficient (Wildman–Crippen LogP) is 7.06. The molecule has 6 heterocycles. The van der Waals surface area contributed by atoms with Crippen molar-refractivity contribution in [3.8, 4) is 0 Å². The molecular weight excluding hydrogens is 444 g/mol. The number of nitrogens with one attached hydrogen (secondary N) is 2. The lowest BCUT2D eigenvalue weighted by molar-refractivity contribution is 0.613. The number of pyridine rings is 3. The van der Waals surface area contributed by atoms with Crippen LogP contribution in [0.5, 0.6) is 0 Å². The Morgan fingerprint density at radius 3 is 2.56 bits per heavy atom. The first kappa shape index (κ1) is 22.5. The molecule has 0 bridgehead atoms. The van der Waals surface area contributed by atoms with Crippen LogP contribution < -0.4 is 0 Å². The highest BCUT2D eigenvalue weighted by molar-refractivity contribution is 5.85. The average Bonchev–Trinajstić information content (AvgIpc) is 3.60. The Morgan fingerprint density at radius 1 is 0.833 bits per heavy atom. The summed E-state index contributed by atoms with van der Waals surface area (Å²) in [5, 5.41) is 2.48. The van der Waals surface area contributed by atoms with Crippen LogP contribution in [0.25, 0.3) is 33.0 Å². The van der Waals surface area contributed by atoms with Crippen LogP contribution in [0.1, 0.15) is 67.7 Å². The molecule has 0 saturated heterocycles. The first-order valence-electron chi connectivity index (χ1n) is 12.8. The fraction of sp³-hybridized carbons (Fsp3) is 0.300. The molecule has 6 rings (SSSR count). The number of aromatic nitrogens is 6. The Bertz CT molecular complexity index is 1670. The Labute approximate surface area is 210 Å². The second kappa shape index (κ2) is 8.94. The Balaban J connectivity index is 1.33. The summed E-state index contributed by atoms with van der Waals surface area (Å²) in [6, 6.07) is 8.47. The van der Waals surface area contributed by atoms with E-state index >= 15 is 0 Å². The van der Waals surface area contributed by atoms with Gasteiger partial charge in [-0.15, -0.1) is 0 Å². The van der Waals surface area contributed by atoms with E-state index in [4.69, 9.17) is 0 Å². The summed E-state index contributed by atoms with van der Waals surface area (Å²) in [5.74, 6) is 1.12. The van der Waals surface area contributed by atoms with Gasteiger partial charge in [-0.2, -0.15) is 0 Å². The van der Waals surface area contributed by atoms with Gasteiger partial charge in [0.2, 0.25) is 0 Å². The summed E-state index contributed by atoms with van der Waals surface area (Å²) in [4.78, 5) is 20.4. The smallest absolute Gasteiger partial charge is 0.137 e. The number of nitrogens with zero attached hydrogens (tertiary/aromatic N) is 4. The highest BCUT2D eigenvalue weighted by Crippen LogP contribution is 2.34. The minimum atomic E-state index is 0.329. The molecular formula is C30H32N6. The maximum atomic E-state index is 4.69. The monoisotopic (exact) mass is 476 g/mol. The molecule has 0 spiro atoms. The Kier molecular flexibility index (Phi) is 5.59. The highest BCUT2D eigenvalue weighted by Gasteiger charge is 2.20. The number of hydrogen-bond acceptors (Lipinski definition) is 3. The van der Waals surface area contributed by atoms with E-state index in [1.165, 1.54) is 44.1 Å². The number of aromatic amines is 2. The van der Waals surface area contributed by atoms with Gasteiger partial charge >= 0.3 is 0 Å². The van der Waals surface area contributed by atoms with Crippen molar-refractivity contribution in [2.75, 3.05) is 0 Å². The topological polar surface area (TPSA) is 75.2 Å². The van der Waals surface area contributed by atoms with E-state index in [-0.39, 0.29) is 0 Å². The third-order valence-corrected chi connectivity index (χ3v) is 7.56. The zero-order valence-corrected chi connectivity index (χ0v) is 21.3. The average molecular weight is 477 g/mol. The van der Waals surface area contributed by atoms with Gasteiger partial charge in [-0.1, -0.05) is 27.7 Å². The molecule has 0 aromatic carbocycles. The fourth-order valence-electron chi connectivity index (χ4n) is 5.64. The van der Waals surface area contributed by atoms with E-state index in [0.29, 0.717) is 17.8 Å². The number of fused-ring (bicyclic) bond motifs is 3.